The molecule has 0 spiro atoms. The molecule has 5 nitrogen and oxygen atoms in total. The SMILES string of the molecule is O=C(CC1CCCCC1)NCC1CCN(C(=O)CO)CC1. The van der Waals surface area contributed by atoms with E-state index in [1.807, 2.05) is 0 Å². The molecule has 2 rings (SSSR count). The van der Waals surface area contributed by atoms with Crippen LogP contribution >= 0.6 is 0 Å². The summed E-state index contributed by atoms with van der Waals surface area (Å²) in [4.78, 5) is 25.0. The van der Waals surface area contributed by atoms with E-state index in [-0.39, 0.29) is 11.8 Å². The van der Waals surface area contributed by atoms with Crippen molar-refractivity contribution in [3.63, 3.8) is 0 Å². The molecule has 2 fully saturated rings. The summed E-state index contributed by atoms with van der Waals surface area (Å²) in [6, 6.07) is 0. The van der Waals surface area contributed by atoms with Crippen molar-refractivity contribution < 1.29 is 14.7 Å². The average molecular weight is 296 g/mol. The second-order valence-corrected chi connectivity index (χ2v) is 6.49. The van der Waals surface area contributed by atoms with E-state index < -0.39 is 6.61 Å². The van der Waals surface area contributed by atoms with Crippen molar-refractivity contribution in [2.24, 2.45) is 11.8 Å². The molecular weight excluding hydrogens is 268 g/mol. The lowest BCUT2D eigenvalue weighted by atomic mass is 9.87. The third-order valence-corrected chi connectivity index (χ3v) is 4.89. The van der Waals surface area contributed by atoms with Crippen molar-refractivity contribution in [1.82, 2.24) is 10.2 Å². The Hall–Kier alpha value is -1.10. The Morgan fingerprint density at radius 1 is 1.00 bits per heavy atom. The Morgan fingerprint density at radius 2 is 1.67 bits per heavy atom. The van der Waals surface area contributed by atoms with Gasteiger partial charge in [-0.05, 0) is 37.5 Å². The Kier molecular flexibility index (Phi) is 6.49. The molecule has 2 aliphatic rings. The zero-order valence-electron chi connectivity index (χ0n) is 12.9. The number of aliphatic hydroxyl groups is 1. The van der Waals surface area contributed by atoms with Crippen molar-refractivity contribution >= 4 is 11.8 Å². The van der Waals surface area contributed by atoms with Gasteiger partial charge in [-0.3, -0.25) is 9.59 Å². The Balaban J connectivity index is 1.60. The number of hydrogen-bond donors (Lipinski definition) is 2. The second-order valence-electron chi connectivity index (χ2n) is 6.49. The molecule has 1 aliphatic carbocycles. The summed E-state index contributed by atoms with van der Waals surface area (Å²) in [5.41, 5.74) is 0. The van der Waals surface area contributed by atoms with Gasteiger partial charge in [-0.1, -0.05) is 19.3 Å². The highest BCUT2D eigenvalue weighted by atomic mass is 16.3. The fourth-order valence-corrected chi connectivity index (χ4v) is 3.47. The van der Waals surface area contributed by atoms with Crippen LogP contribution in [0.2, 0.25) is 0 Å². The highest BCUT2D eigenvalue weighted by Crippen LogP contribution is 2.26. The largest absolute Gasteiger partial charge is 0.387 e. The summed E-state index contributed by atoms with van der Waals surface area (Å²) in [5, 5.41) is 11.9. The summed E-state index contributed by atoms with van der Waals surface area (Å²) in [6.07, 6.45) is 8.78. The molecule has 0 aromatic heterocycles. The zero-order chi connectivity index (χ0) is 15.1. The maximum absolute atomic E-state index is 12.0. The molecule has 2 N–H and O–H groups in total. The van der Waals surface area contributed by atoms with Crippen LogP contribution in [0.4, 0.5) is 0 Å². The van der Waals surface area contributed by atoms with Gasteiger partial charge < -0.3 is 15.3 Å². The molecule has 0 aromatic carbocycles. The lowest BCUT2D eigenvalue weighted by Crippen LogP contribution is -2.42. The highest BCUT2D eigenvalue weighted by molar-refractivity contribution is 5.77. The van der Waals surface area contributed by atoms with Gasteiger partial charge in [0.15, 0.2) is 0 Å². The molecule has 5 heteroatoms. The lowest BCUT2D eigenvalue weighted by molar-refractivity contribution is -0.135. The van der Waals surface area contributed by atoms with Crippen LogP contribution in [0.3, 0.4) is 0 Å². The van der Waals surface area contributed by atoms with E-state index in [0.717, 1.165) is 19.4 Å². The number of hydrogen-bond acceptors (Lipinski definition) is 3. The molecule has 1 saturated carbocycles. The van der Waals surface area contributed by atoms with Crippen molar-refractivity contribution in [3.05, 3.63) is 0 Å². The highest BCUT2D eigenvalue weighted by Gasteiger charge is 2.23. The summed E-state index contributed by atoms with van der Waals surface area (Å²) in [7, 11) is 0. The molecule has 1 saturated heterocycles. The minimum Gasteiger partial charge on any atom is -0.387 e. The van der Waals surface area contributed by atoms with E-state index in [1.165, 1.54) is 32.1 Å². The fourth-order valence-electron chi connectivity index (χ4n) is 3.47. The van der Waals surface area contributed by atoms with E-state index in [9.17, 15) is 9.59 Å². The van der Waals surface area contributed by atoms with Crippen LogP contribution < -0.4 is 5.32 Å². The average Bonchev–Trinajstić information content (AvgIpc) is 2.53. The first-order valence-corrected chi connectivity index (χ1v) is 8.34. The van der Waals surface area contributed by atoms with Crippen molar-refractivity contribution in [3.8, 4) is 0 Å². The number of carbonyl (C=O) groups is 2. The van der Waals surface area contributed by atoms with E-state index in [2.05, 4.69) is 5.32 Å². The van der Waals surface area contributed by atoms with E-state index in [0.29, 0.717) is 31.3 Å². The summed E-state index contributed by atoms with van der Waals surface area (Å²) in [6.45, 7) is 1.72. The number of amides is 2. The Labute approximate surface area is 127 Å². The van der Waals surface area contributed by atoms with Crippen molar-refractivity contribution in [2.45, 2.75) is 51.4 Å². The Bertz CT molecular complexity index is 345. The third-order valence-electron chi connectivity index (χ3n) is 4.89. The number of nitrogens with one attached hydrogen (secondary N) is 1. The van der Waals surface area contributed by atoms with E-state index in [4.69, 9.17) is 5.11 Å². The minimum absolute atomic E-state index is 0.185. The third kappa shape index (κ3) is 5.30. The minimum atomic E-state index is -0.400. The van der Waals surface area contributed by atoms with E-state index >= 15 is 0 Å². The number of piperidine rings is 1. The van der Waals surface area contributed by atoms with Gasteiger partial charge in [0.1, 0.15) is 6.61 Å². The summed E-state index contributed by atoms with van der Waals surface area (Å²) in [5.74, 6) is 1.05. The van der Waals surface area contributed by atoms with Crippen molar-refractivity contribution in [2.75, 3.05) is 26.2 Å². The standard InChI is InChI=1S/C16H28N2O3/c19-12-16(21)18-8-6-14(7-9-18)11-17-15(20)10-13-4-2-1-3-5-13/h13-14,19H,1-12H2,(H,17,20). The van der Waals surface area contributed by atoms with Crippen LogP contribution in [-0.4, -0.2) is 48.1 Å². The van der Waals surface area contributed by atoms with Gasteiger partial charge in [-0.25, -0.2) is 0 Å². The monoisotopic (exact) mass is 296 g/mol. The number of carbonyl (C=O) groups excluding carboxylic acids is 2. The van der Waals surface area contributed by atoms with Gasteiger partial charge in [0, 0.05) is 26.1 Å². The van der Waals surface area contributed by atoms with Gasteiger partial charge in [0.05, 0.1) is 0 Å². The topological polar surface area (TPSA) is 69.6 Å². The molecule has 120 valence electrons. The molecule has 21 heavy (non-hydrogen) atoms. The van der Waals surface area contributed by atoms with Crippen LogP contribution in [0, 0.1) is 11.8 Å². The quantitative estimate of drug-likeness (QED) is 0.803. The van der Waals surface area contributed by atoms with Gasteiger partial charge in [-0.15, -0.1) is 0 Å². The molecule has 2 amide bonds. The molecule has 1 heterocycles. The smallest absolute Gasteiger partial charge is 0.248 e. The zero-order valence-corrected chi connectivity index (χ0v) is 12.9. The lowest BCUT2D eigenvalue weighted by Gasteiger charge is -2.31. The number of rotatable bonds is 5. The molecule has 0 unspecified atom stereocenters. The molecule has 0 atom stereocenters. The first-order chi connectivity index (χ1) is 10.2. The van der Waals surface area contributed by atoms with Gasteiger partial charge in [0.25, 0.3) is 0 Å². The van der Waals surface area contributed by atoms with Crippen LogP contribution in [0.1, 0.15) is 51.4 Å². The molecule has 0 radical (unpaired) electrons. The van der Waals surface area contributed by atoms with Crippen molar-refractivity contribution in [1.29, 1.82) is 0 Å². The molecule has 0 aromatic rings. The summed E-state index contributed by atoms with van der Waals surface area (Å²) >= 11 is 0. The van der Waals surface area contributed by atoms with E-state index in [1.54, 1.807) is 4.90 Å². The maximum Gasteiger partial charge on any atom is 0.248 e. The second kappa shape index (κ2) is 8.37. The number of likely N-dealkylation sites (tertiary alicyclic amines) is 1. The van der Waals surface area contributed by atoms with Crippen LogP contribution in [0.5, 0.6) is 0 Å². The Morgan fingerprint density at radius 3 is 2.29 bits per heavy atom. The van der Waals surface area contributed by atoms with Gasteiger partial charge >= 0.3 is 0 Å². The van der Waals surface area contributed by atoms with Crippen LogP contribution in [0.25, 0.3) is 0 Å². The normalized spacial score (nSPS) is 21.3. The predicted molar refractivity (Wildman–Crippen MR) is 80.6 cm³/mol. The molecule has 0 bridgehead atoms. The van der Waals surface area contributed by atoms with Crippen LogP contribution in [0.15, 0.2) is 0 Å². The van der Waals surface area contributed by atoms with Gasteiger partial charge in [0.2, 0.25) is 11.8 Å². The predicted octanol–water partition coefficient (Wildman–Crippen LogP) is 1.30. The first kappa shape index (κ1) is 16.3. The van der Waals surface area contributed by atoms with Gasteiger partial charge in [-0.2, -0.15) is 0 Å². The maximum atomic E-state index is 12.0. The summed E-state index contributed by atoms with van der Waals surface area (Å²) < 4.78 is 0. The van der Waals surface area contributed by atoms with Crippen LogP contribution in [-0.2, 0) is 9.59 Å². The number of nitrogens with zero attached hydrogens (tertiary/aromatic N) is 1. The number of aliphatic hydroxyl groups excluding tert-OH is 1. The molecule has 1 aliphatic heterocycles. The fraction of sp³-hybridized carbons (Fsp3) is 0.875. The molecular formula is C16H28N2O3. The first-order valence-electron chi connectivity index (χ1n) is 8.34.